The second kappa shape index (κ2) is 8.12. The fraction of sp³-hybridized carbons (Fsp3) is 0.0345. The maximum Gasteiger partial charge on any atom is 0.0859 e. The van der Waals surface area contributed by atoms with E-state index in [1.165, 1.54) is 5.56 Å². The Hall–Kier alpha value is -4.24. The Morgan fingerprint density at radius 1 is 0.875 bits per heavy atom. The van der Waals surface area contributed by atoms with Gasteiger partial charge in [-0.2, -0.15) is 0 Å². The highest BCUT2D eigenvalue weighted by Gasteiger charge is 2.24. The number of pyridine rings is 1. The van der Waals surface area contributed by atoms with Crippen molar-refractivity contribution in [3.05, 3.63) is 121 Å². The summed E-state index contributed by atoms with van der Waals surface area (Å²) in [5, 5.41) is 1.14. The van der Waals surface area contributed by atoms with Crippen LogP contribution in [0.3, 0.4) is 0 Å². The summed E-state index contributed by atoms with van der Waals surface area (Å²) in [5.74, 6) is 0. The van der Waals surface area contributed by atoms with Gasteiger partial charge in [-0.3, -0.25) is 4.99 Å². The molecule has 3 heteroatoms. The topological polar surface area (TPSA) is 28.5 Å². The van der Waals surface area contributed by atoms with Gasteiger partial charge in [0.1, 0.15) is 0 Å². The Balaban J connectivity index is 1.65. The number of nitrogens with zero attached hydrogens (tertiary/aromatic N) is 3. The van der Waals surface area contributed by atoms with E-state index in [1.54, 1.807) is 0 Å². The van der Waals surface area contributed by atoms with Crippen molar-refractivity contribution in [2.24, 2.45) is 4.99 Å². The number of allylic oxidation sites excluding steroid dienone is 3. The Morgan fingerprint density at radius 2 is 1.69 bits per heavy atom. The van der Waals surface area contributed by atoms with Gasteiger partial charge in [-0.25, -0.2) is 4.98 Å². The van der Waals surface area contributed by atoms with Crippen LogP contribution in [0.25, 0.3) is 27.7 Å². The van der Waals surface area contributed by atoms with Crippen molar-refractivity contribution in [2.45, 2.75) is 6.54 Å². The molecule has 5 rings (SSSR count). The third-order valence-electron chi connectivity index (χ3n) is 5.93. The first-order valence-electron chi connectivity index (χ1n) is 10.6. The van der Waals surface area contributed by atoms with Crippen LogP contribution in [0.5, 0.6) is 0 Å². The summed E-state index contributed by atoms with van der Waals surface area (Å²) < 4.78 is 0. The molecular formula is C29H23N3. The molecule has 2 heterocycles. The van der Waals surface area contributed by atoms with Crippen molar-refractivity contribution in [3.63, 3.8) is 0 Å². The van der Waals surface area contributed by atoms with E-state index in [4.69, 9.17) is 4.98 Å². The second-order valence-corrected chi connectivity index (χ2v) is 7.70. The fourth-order valence-corrected chi connectivity index (χ4v) is 4.37. The summed E-state index contributed by atoms with van der Waals surface area (Å²) in [6, 6.07) is 26.9. The molecule has 32 heavy (non-hydrogen) atoms. The van der Waals surface area contributed by atoms with E-state index in [0.717, 1.165) is 50.4 Å². The molecule has 0 N–H and O–H groups in total. The van der Waals surface area contributed by atoms with Crippen molar-refractivity contribution in [3.8, 4) is 11.3 Å². The number of benzene rings is 3. The first-order chi connectivity index (χ1) is 15.7. The number of rotatable bonds is 5. The van der Waals surface area contributed by atoms with Gasteiger partial charge in [-0.05, 0) is 54.3 Å². The van der Waals surface area contributed by atoms with Gasteiger partial charge < -0.3 is 4.90 Å². The normalized spacial score (nSPS) is 13.1. The zero-order valence-corrected chi connectivity index (χ0v) is 17.8. The minimum Gasteiger partial charge on any atom is -0.335 e. The molecule has 0 radical (unpaired) electrons. The van der Waals surface area contributed by atoms with Gasteiger partial charge in [0.25, 0.3) is 0 Å². The number of hydrogen-bond acceptors (Lipinski definition) is 3. The molecule has 0 saturated heterocycles. The molecule has 4 aromatic rings. The van der Waals surface area contributed by atoms with Crippen molar-refractivity contribution in [1.29, 1.82) is 0 Å². The van der Waals surface area contributed by atoms with Crippen LogP contribution in [0.2, 0.25) is 0 Å². The molecule has 0 bridgehead atoms. The van der Waals surface area contributed by atoms with Crippen molar-refractivity contribution in [1.82, 2.24) is 4.98 Å². The molecule has 0 unspecified atom stereocenters. The van der Waals surface area contributed by atoms with Crippen LogP contribution in [-0.2, 0) is 6.54 Å². The molecule has 3 nitrogen and oxygen atoms in total. The molecule has 0 fully saturated rings. The highest BCUT2D eigenvalue weighted by Crippen LogP contribution is 2.40. The van der Waals surface area contributed by atoms with Crippen LogP contribution in [0, 0.1) is 0 Å². The van der Waals surface area contributed by atoms with Gasteiger partial charge in [0.05, 0.1) is 22.6 Å². The van der Waals surface area contributed by atoms with Crippen LogP contribution in [0.4, 0.5) is 11.4 Å². The predicted molar refractivity (Wildman–Crippen MR) is 136 cm³/mol. The lowest BCUT2D eigenvalue weighted by Gasteiger charge is -2.34. The lowest BCUT2D eigenvalue weighted by atomic mass is 9.90. The number of aliphatic imine (C=N–C) groups is 1. The number of hydrogen-bond donors (Lipinski definition) is 0. The van der Waals surface area contributed by atoms with E-state index in [-0.39, 0.29) is 0 Å². The average molecular weight is 414 g/mol. The number of aromatic nitrogens is 1. The minimum absolute atomic E-state index is 0.714. The summed E-state index contributed by atoms with van der Waals surface area (Å²) in [7, 11) is 0. The molecule has 0 atom stereocenters. The summed E-state index contributed by atoms with van der Waals surface area (Å²) in [5.41, 5.74) is 9.30. The molecule has 0 amide bonds. The zero-order chi connectivity index (χ0) is 22.1. The zero-order valence-electron chi connectivity index (χ0n) is 17.8. The smallest absolute Gasteiger partial charge is 0.0859 e. The van der Waals surface area contributed by atoms with Gasteiger partial charge >= 0.3 is 0 Å². The summed E-state index contributed by atoms with van der Waals surface area (Å²) in [6.07, 6.45) is 3.80. The maximum absolute atomic E-state index is 4.88. The van der Waals surface area contributed by atoms with Crippen molar-refractivity contribution in [2.75, 3.05) is 4.90 Å². The van der Waals surface area contributed by atoms with Crippen LogP contribution in [-0.4, -0.2) is 11.7 Å². The van der Waals surface area contributed by atoms with Gasteiger partial charge in [0.15, 0.2) is 0 Å². The minimum atomic E-state index is 0.714. The first-order valence-corrected chi connectivity index (χ1v) is 10.6. The fourth-order valence-electron chi connectivity index (χ4n) is 4.37. The highest BCUT2D eigenvalue weighted by atomic mass is 15.2. The van der Waals surface area contributed by atoms with Gasteiger partial charge in [0, 0.05) is 28.8 Å². The van der Waals surface area contributed by atoms with Crippen LogP contribution >= 0.6 is 0 Å². The monoisotopic (exact) mass is 413 g/mol. The Morgan fingerprint density at radius 3 is 2.50 bits per heavy atom. The van der Waals surface area contributed by atoms with Gasteiger partial charge in [-0.1, -0.05) is 67.8 Å². The molecule has 154 valence electrons. The third kappa shape index (κ3) is 3.25. The van der Waals surface area contributed by atoms with E-state index in [2.05, 4.69) is 72.2 Å². The standard InChI is InChI=1S/C29H23N3/c1-4-23-24-18-21(26-17-16-20-10-6-7-11-25(20)31-26)14-15-22(24)19-32(28(23)5-2)29-13-9-8-12-27(29)30-3/h4-18H,1-3,19H2. The van der Waals surface area contributed by atoms with E-state index >= 15 is 0 Å². The van der Waals surface area contributed by atoms with Crippen LogP contribution in [0.15, 0.2) is 115 Å². The number of para-hydroxylation sites is 3. The molecule has 0 spiro atoms. The molecular weight excluding hydrogens is 390 g/mol. The second-order valence-electron chi connectivity index (χ2n) is 7.70. The Bertz CT molecular complexity index is 1410. The van der Waals surface area contributed by atoms with Crippen molar-refractivity contribution >= 4 is 34.6 Å². The first kappa shape index (κ1) is 19.7. The van der Waals surface area contributed by atoms with Crippen molar-refractivity contribution < 1.29 is 0 Å². The molecule has 0 saturated carbocycles. The quantitative estimate of drug-likeness (QED) is 0.320. The van der Waals surface area contributed by atoms with Gasteiger partial charge in [-0.15, -0.1) is 0 Å². The number of anilines is 1. The summed E-state index contributed by atoms with van der Waals surface area (Å²) in [4.78, 5) is 11.3. The average Bonchev–Trinajstić information content (AvgIpc) is 2.86. The maximum atomic E-state index is 4.88. The molecule has 0 aliphatic carbocycles. The van der Waals surface area contributed by atoms with Crippen LogP contribution in [0.1, 0.15) is 11.1 Å². The molecule has 3 aromatic carbocycles. The number of fused-ring (bicyclic) bond motifs is 2. The van der Waals surface area contributed by atoms with E-state index in [1.807, 2.05) is 48.6 Å². The van der Waals surface area contributed by atoms with E-state index < -0.39 is 0 Å². The molecule has 1 aromatic heterocycles. The lowest BCUT2D eigenvalue weighted by Crippen LogP contribution is -2.26. The SMILES string of the molecule is C=CC1=C(C=C)N(c2ccccc2N=C)Cc2ccc(-c3ccc4ccccc4n3)cc21. The summed E-state index contributed by atoms with van der Waals surface area (Å²) in [6.45, 7) is 12.7. The predicted octanol–water partition coefficient (Wildman–Crippen LogP) is 7.34. The highest BCUT2D eigenvalue weighted by molar-refractivity contribution is 5.89. The Labute approximate surface area is 188 Å². The van der Waals surface area contributed by atoms with Gasteiger partial charge in [0.2, 0.25) is 0 Å². The van der Waals surface area contributed by atoms with E-state index in [0.29, 0.717) is 6.54 Å². The Kier molecular flexibility index (Phi) is 5.00. The third-order valence-corrected chi connectivity index (χ3v) is 5.93. The van der Waals surface area contributed by atoms with E-state index in [9.17, 15) is 0 Å². The van der Waals surface area contributed by atoms with Crippen LogP contribution < -0.4 is 4.90 Å². The lowest BCUT2D eigenvalue weighted by molar-refractivity contribution is 0.916. The molecule has 1 aliphatic heterocycles. The summed E-state index contributed by atoms with van der Waals surface area (Å²) >= 11 is 0. The molecule has 1 aliphatic rings. The largest absolute Gasteiger partial charge is 0.335 e.